The molecule has 1 heterocycles. The number of morpholine rings is 1. The van der Waals surface area contributed by atoms with Crippen LogP contribution in [0.25, 0.3) is 0 Å². The minimum Gasteiger partial charge on any atom is -0.374 e. The summed E-state index contributed by atoms with van der Waals surface area (Å²) in [5, 5.41) is 3.38. The second kappa shape index (κ2) is 7.85. The molecule has 1 aliphatic carbocycles. The largest absolute Gasteiger partial charge is 0.374 e. The van der Waals surface area contributed by atoms with Gasteiger partial charge >= 0.3 is 0 Å². The molecule has 124 valence electrons. The van der Waals surface area contributed by atoms with Gasteiger partial charge in [0.2, 0.25) is 0 Å². The number of likely N-dealkylation sites (N-methyl/N-ethyl adjacent to an activating group) is 1. The van der Waals surface area contributed by atoms with Gasteiger partial charge in [-0.15, -0.1) is 0 Å². The molecule has 2 fully saturated rings. The lowest BCUT2D eigenvalue weighted by Gasteiger charge is -2.30. The van der Waals surface area contributed by atoms with Crippen LogP contribution in [0.4, 0.5) is 0 Å². The summed E-state index contributed by atoms with van der Waals surface area (Å²) < 4.78 is 33.8. The number of ether oxygens (including phenoxy) is 1. The van der Waals surface area contributed by atoms with Crippen molar-refractivity contribution < 1.29 is 13.2 Å². The first-order valence-corrected chi connectivity index (χ1v) is 9.16. The van der Waals surface area contributed by atoms with Gasteiger partial charge in [0.25, 0.3) is 10.2 Å². The van der Waals surface area contributed by atoms with Crippen LogP contribution in [0.1, 0.15) is 19.3 Å². The summed E-state index contributed by atoms with van der Waals surface area (Å²) in [6.07, 6.45) is 3.27. The Balaban J connectivity index is 1.64. The minimum atomic E-state index is -3.41. The Kier molecular flexibility index (Phi) is 6.39. The fourth-order valence-electron chi connectivity index (χ4n) is 2.31. The van der Waals surface area contributed by atoms with Crippen LogP contribution in [-0.4, -0.2) is 83.2 Å². The van der Waals surface area contributed by atoms with Crippen LogP contribution < -0.4 is 10.0 Å². The third kappa shape index (κ3) is 6.17. The van der Waals surface area contributed by atoms with E-state index in [1.54, 1.807) is 7.05 Å². The quantitative estimate of drug-likeness (QED) is 0.546. The Labute approximate surface area is 128 Å². The molecule has 21 heavy (non-hydrogen) atoms. The normalized spacial score (nSPS) is 24.6. The number of nitrogens with zero attached hydrogens (tertiary/aromatic N) is 2. The highest BCUT2D eigenvalue weighted by molar-refractivity contribution is 7.87. The molecule has 0 bridgehead atoms. The molecule has 1 unspecified atom stereocenters. The molecule has 0 radical (unpaired) electrons. The van der Waals surface area contributed by atoms with E-state index in [0.717, 1.165) is 26.1 Å². The van der Waals surface area contributed by atoms with Crippen molar-refractivity contribution in [1.29, 1.82) is 0 Å². The molecule has 1 aliphatic heterocycles. The summed E-state index contributed by atoms with van der Waals surface area (Å²) in [5.74, 6) is 0. The standard InChI is InChI=1S/C13H28N4O3S/c1-16-8-9-20-13(11-16)10-15-21(18,19)17(2)7-3-6-14-12-4-5-12/h12-15H,3-11H2,1-2H3. The highest BCUT2D eigenvalue weighted by atomic mass is 32.2. The lowest BCUT2D eigenvalue weighted by molar-refractivity contribution is -0.0157. The fraction of sp³-hybridized carbons (Fsp3) is 1.00. The van der Waals surface area contributed by atoms with Crippen LogP contribution >= 0.6 is 0 Å². The highest BCUT2D eigenvalue weighted by Gasteiger charge is 2.23. The molecule has 0 aromatic rings. The van der Waals surface area contributed by atoms with Crippen molar-refractivity contribution in [2.45, 2.75) is 31.4 Å². The van der Waals surface area contributed by atoms with Crippen molar-refractivity contribution in [3.05, 3.63) is 0 Å². The zero-order valence-electron chi connectivity index (χ0n) is 13.0. The van der Waals surface area contributed by atoms with E-state index >= 15 is 0 Å². The summed E-state index contributed by atoms with van der Waals surface area (Å²) in [5.41, 5.74) is 0. The average Bonchev–Trinajstić information content (AvgIpc) is 3.25. The van der Waals surface area contributed by atoms with Crippen molar-refractivity contribution in [2.24, 2.45) is 0 Å². The Bertz CT molecular complexity index is 414. The fourth-order valence-corrected chi connectivity index (χ4v) is 3.30. The zero-order valence-corrected chi connectivity index (χ0v) is 13.9. The smallest absolute Gasteiger partial charge is 0.279 e. The molecular weight excluding hydrogens is 292 g/mol. The van der Waals surface area contributed by atoms with Crippen molar-refractivity contribution in [3.63, 3.8) is 0 Å². The van der Waals surface area contributed by atoms with Crippen LogP contribution in [0.15, 0.2) is 0 Å². The van der Waals surface area contributed by atoms with E-state index in [-0.39, 0.29) is 6.10 Å². The van der Waals surface area contributed by atoms with E-state index in [0.29, 0.717) is 25.7 Å². The van der Waals surface area contributed by atoms with Crippen molar-refractivity contribution in [3.8, 4) is 0 Å². The van der Waals surface area contributed by atoms with E-state index in [2.05, 4.69) is 14.9 Å². The first kappa shape index (κ1) is 17.1. The van der Waals surface area contributed by atoms with E-state index in [4.69, 9.17) is 4.74 Å². The molecule has 1 saturated heterocycles. The molecule has 8 heteroatoms. The summed E-state index contributed by atoms with van der Waals surface area (Å²) in [7, 11) is 0.230. The minimum absolute atomic E-state index is 0.0662. The van der Waals surface area contributed by atoms with Crippen LogP contribution in [0.5, 0.6) is 0 Å². The number of hydrogen-bond acceptors (Lipinski definition) is 5. The molecule has 0 aromatic heterocycles. The zero-order chi connectivity index (χ0) is 15.3. The Hall–Kier alpha value is -0.250. The van der Waals surface area contributed by atoms with Gasteiger partial charge in [-0.25, -0.2) is 0 Å². The summed E-state index contributed by atoms with van der Waals surface area (Å²) in [6.45, 7) is 4.05. The van der Waals surface area contributed by atoms with Gasteiger partial charge in [0.05, 0.1) is 12.7 Å². The molecule has 0 spiro atoms. The first-order valence-electron chi connectivity index (χ1n) is 7.72. The first-order chi connectivity index (χ1) is 9.97. The lowest BCUT2D eigenvalue weighted by atomic mass is 10.3. The van der Waals surface area contributed by atoms with Crippen LogP contribution in [0.3, 0.4) is 0 Å². The topological polar surface area (TPSA) is 73.9 Å². The molecule has 2 N–H and O–H groups in total. The second-order valence-electron chi connectivity index (χ2n) is 6.01. The molecule has 2 rings (SSSR count). The Morgan fingerprint density at radius 1 is 1.38 bits per heavy atom. The second-order valence-corrected chi connectivity index (χ2v) is 7.87. The van der Waals surface area contributed by atoms with Crippen molar-refractivity contribution in [1.82, 2.24) is 19.2 Å². The van der Waals surface area contributed by atoms with Gasteiger partial charge < -0.3 is 15.0 Å². The van der Waals surface area contributed by atoms with E-state index in [1.807, 2.05) is 7.05 Å². The molecule has 7 nitrogen and oxygen atoms in total. The lowest BCUT2D eigenvalue weighted by Crippen LogP contribution is -2.48. The number of hydrogen-bond donors (Lipinski definition) is 2. The van der Waals surface area contributed by atoms with Gasteiger partial charge in [-0.3, -0.25) is 0 Å². The van der Waals surface area contributed by atoms with Crippen LogP contribution in [-0.2, 0) is 14.9 Å². The molecule has 1 saturated carbocycles. The van der Waals surface area contributed by atoms with E-state index < -0.39 is 10.2 Å². The number of nitrogens with one attached hydrogen (secondary N) is 2. The Morgan fingerprint density at radius 2 is 2.14 bits per heavy atom. The highest BCUT2D eigenvalue weighted by Crippen LogP contribution is 2.18. The maximum Gasteiger partial charge on any atom is 0.279 e. The van der Waals surface area contributed by atoms with Gasteiger partial charge in [-0.2, -0.15) is 17.4 Å². The van der Waals surface area contributed by atoms with E-state index in [9.17, 15) is 8.42 Å². The Morgan fingerprint density at radius 3 is 2.81 bits per heavy atom. The molecule has 0 aromatic carbocycles. The van der Waals surface area contributed by atoms with Gasteiger partial charge in [0.15, 0.2) is 0 Å². The maximum atomic E-state index is 12.1. The monoisotopic (exact) mass is 320 g/mol. The third-order valence-electron chi connectivity index (χ3n) is 3.91. The molecule has 2 aliphatic rings. The van der Waals surface area contributed by atoms with Crippen LogP contribution in [0, 0.1) is 0 Å². The predicted molar refractivity (Wildman–Crippen MR) is 82.4 cm³/mol. The summed E-state index contributed by atoms with van der Waals surface area (Å²) in [4.78, 5) is 2.15. The molecule has 1 atom stereocenters. The number of rotatable bonds is 9. The van der Waals surface area contributed by atoms with Gasteiger partial charge in [0.1, 0.15) is 0 Å². The van der Waals surface area contributed by atoms with Gasteiger partial charge in [-0.05, 0) is 32.9 Å². The van der Waals surface area contributed by atoms with Gasteiger partial charge in [0, 0.05) is 39.3 Å². The van der Waals surface area contributed by atoms with Crippen LogP contribution in [0.2, 0.25) is 0 Å². The van der Waals surface area contributed by atoms with E-state index in [1.165, 1.54) is 17.1 Å². The maximum absolute atomic E-state index is 12.1. The SMILES string of the molecule is CN1CCOC(CNS(=O)(=O)N(C)CCCNC2CC2)C1. The third-order valence-corrected chi connectivity index (χ3v) is 5.44. The molecule has 0 amide bonds. The van der Waals surface area contributed by atoms with Gasteiger partial charge in [-0.1, -0.05) is 0 Å². The molecular formula is C13H28N4O3S. The predicted octanol–water partition coefficient (Wildman–Crippen LogP) is -0.775. The summed E-state index contributed by atoms with van der Waals surface area (Å²) in [6, 6.07) is 0.672. The van der Waals surface area contributed by atoms with Crippen molar-refractivity contribution >= 4 is 10.2 Å². The van der Waals surface area contributed by atoms with Crippen molar-refractivity contribution in [2.75, 3.05) is 53.4 Å². The summed E-state index contributed by atoms with van der Waals surface area (Å²) >= 11 is 0. The average molecular weight is 320 g/mol.